The van der Waals surface area contributed by atoms with Crippen LogP contribution < -0.4 is 9.64 Å². The number of rotatable bonds is 12. The van der Waals surface area contributed by atoms with E-state index in [2.05, 4.69) is 69.0 Å². The smallest absolute Gasteiger partial charge is 0.338 e. The molecule has 1 aliphatic carbocycles. The molecule has 0 aromatic heterocycles. The third-order valence-corrected chi connectivity index (χ3v) is 10.9. The Bertz CT molecular complexity index is 1350. The lowest BCUT2D eigenvalue weighted by Crippen LogP contribution is -2.22. The molecule has 0 N–H and O–H groups in total. The standard InChI is InChI=1S/C34H42NO5P.2C2H6/c1-7-35(8-2)24-15-17-28-30(21-24)40-31-22-25(41(9-3)10-4)16-18-29(31)32(28)26-13-11-12-14-27(26)34(37)39-20-19-38-33(36)23(5)6;2*1-2/h11-18,21-23,25H,7-10,19-20H2,1-6H3;2*1-2H3/p+1. The van der Waals surface area contributed by atoms with Gasteiger partial charge in [-0.05, 0) is 57.5 Å². The number of benzene rings is 2. The van der Waals surface area contributed by atoms with Crippen molar-refractivity contribution in [1.29, 1.82) is 0 Å². The van der Waals surface area contributed by atoms with Crippen LogP contribution in [0.1, 0.15) is 90.7 Å². The first-order valence-corrected chi connectivity index (χ1v) is 18.8. The molecule has 1 unspecified atom stereocenters. The fourth-order valence-electron chi connectivity index (χ4n) is 5.40. The van der Waals surface area contributed by atoms with Crippen LogP contribution in [-0.2, 0) is 14.3 Å². The molecule has 1 atom stereocenters. The van der Waals surface area contributed by atoms with Gasteiger partial charge >= 0.3 is 11.9 Å². The Morgan fingerprint density at radius 3 is 2.16 bits per heavy atom. The average molecular weight is 637 g/mol. The highest BCUT2D eigenvalue weighted by Gasteiger charge is 2.33. The highest BCUT2D eigenvalue weighted by Crippen LogP contribution is 2.49. The summed E-state index contributed by atoms with van der Waals surface area (Å²) < 4.78 is 17.4. The molecule has 2 aromatic carbocycles. The van der Waals surface area contributed by atoms with Crippen LogP contribution in [0.15, 0.2) is 72.0 Å². The maximum absolute atomic E-state index is 13.3. The molecule has 0 saturated carbocycles. The molecular weight excluding hydrogens is 581 g/mol. The summed E-state index contributed by atoms with van der Waals surface area (Å²) in [6, 6.07) is 13.9. The van der Waals surface area contributed by atoms with Gasteiger partial charge in [-0.25, -0.2) is 4.79 Å². The second-order valence-corrected chi connectivity index (χ2v) is 13.9. The summed E-state index contributed by atoms with van der Waals surface area (Å²) in [5.74, 6) is 0.651. The molecule has 6 nitrogen and oxygen atoms in total. The van der Waals surface area contributed by atoms with Crippen molar-refractivity contribution in [2.45, 2.75) is 74.9 Å². The van der Waals surface area contributed by atoms with E-state index in [1.165, 1.54) is 12.3 Å². The number of hydrogen-bond donors (Lipinski definition) is 0. The number of esters is 2. The Morgan fingerprint density at radius 1 is 0.889 bits per heavy atom. The summed E-state index contributed by atoms with van der Waals surface area (Å²) in [5, 5.41) is 0. The van der Waals surface area contributed by atoms with Crippen molar-refractivity contribution in [3.63, 3.8) is 0 Å². The molecule has 0 bridgehead atoms. The van der Waals surface area contributed by atoms with Crippen LogP contribution in [0.2, 0.25) is 0 Å². The largest absolute Gasteiger partial charge is 0.462 e. The minimum atomic E-state index is -0.590. The van der Waals surface area contributed by atoms with Crippen LogP contribution in [-0.4, -0.2) is 56.2 Å². The van der Waals surface area contributed by atoms with Gasteiger partial charge in [-0.15, -0.1) is 0 Å². The molecule has 1 aliphatic heterocycles. The minimum absolute atomic E-state index is 0.00395. The number of ether oxygens (including phenoxy) is 3. The summed E-state index contributed by atoms with van der Waals surface area (Å²) in [4.78, 5) is 27.4. The van der Waals surface area contributed by atoms with E-state index in [-0.39, 0.29) is 25.1 Å². The number of fused-ring (bicyclic) bond motifs is 2. The molecule has 2 aromatic rings. The third kappa shape index (κ3) is 9.33. The van der Waals surface area contributed by atoms with Crippen molar-refractivity contribution in [2.24, 2.45) is 5.92 Å². The van der Waals surface area contributed by atoms with Gasteiger partial charge in [0.25, 0.3) is 0 Å². The van der Waals surface area contributed by atoms with Gasteiger partial charge in [-0.3, -0.25) is 4.79 Å². The SMILES string of the molecule is CC.CC.CCN(CC)c1ccc2c(c1)OC1=CC([PH+](CC)CC)C=CC1=C2c1ccccc1C(=O)OCCOC(=O)C(C)C. The average Bonchev–Trinajstić information content (AvgIpc) is 3.08. The lowest BCUT2D eigenvalue weighted by molar-refractivity contribution is -0.148. The van der Waals surface area contributed by atoms with E-state index >= 15 is 0 Å². The number of carbonyl (C=O) groups is 2. The fraction of sp³-hybridized carbons (Fsp3) is 0.474. The van der Waals surface area contributed by atoms with Crippen LogP contribution in [0.4, 0.5) is 5.69 Å². The fourth-order valence-corrected chi connectivity index (χ4v) is 7.60. The molecule has 0 radical (unpaired) electrons. The van der Waals surface area contributed by atoms with Crippen LogP contribution in [0.5, 0.6) is 5.75 Å². The molecular formula is C38H55NO5P+. The van der Waals surface area contributed by atoms with E-state index in [9.17, 15) is 9.59 Å². The topological polar surface area (TPSA) is 65.1 Å². The lowest BCUT2D eigenvalue weighted by atomic mass is 9.85. The summed E-state index contributed by atoms with van der Waals surface area (Å²) in [5.41, 5.74) is 5.62. The van der Waals surface area contributed by atoms with Crippen LogP contribution in [0, 0.1) is 5.92 Å². The zero-order valence-electron chi connectivity index (χ0n) is 29.2. The number of hydrogen-bond acceptors (Lipinski definition) is 6. The van der Waals surface area contributed by atoms with Gasteiger partial charge in [0.05, 0.1) is 23.8 Å². The molecule has 2 aliphatic rings. The molecule has 4 rings (SSSR count). The first-order valence-electron chi connectivity index (χ1n) is 16.8. The summed E-state index contributed by atoms with van der Waals surface area (Å²) in [7, 11) is -0.590. The molecule has 0 amide bonds. The van der Waals surface area contributed by atoms with Gasteiger partial charge in [0, 0.05) is 55.6 Å². The molecule has 0 spiro atoms. The van der Waals surface area contributed by atoms with E-state index in [0.29, 0.717) is 11.2 Å². The van der Waals surface area contributed by atoms with Crippen LogP contribution >= 0.6 is 7.92 Å². The highest BCUT2D eigenvalue weighted by molar-refractivity contribution is 7.58. The number of nitrogens with zero attached hydrogens (tertiary/aromatic N) is 1. The zero-order valence-corrected chi connectivity index (χ0v) is 30.2. The van der Waals surface area contributed by atoms with Gasteiger partial charge in [0.2, 0.25) is 0 Å². The maximum atomic E-state index is 13.3. The van der Waals surface area contributed by atoms with E-state index in [1.54, 1.807) is 19.9 Å². The molecule has 45 heavy (non-hydrogen) atoms. The van der Waals surface area contributed by atoms with Crippen molar-refractivity contribution in [1.82, 2.24) is 0 Å². The molecule has 0 fully saturated rings. The van der Waals surface area contributed by atoms with Crippen LogP contribution in [0.3, 0.4) is 0 Å². The van der Waals surface area contributed by atoms with Crippen LogP contribution in [0.25, 0.3) is 5.57 Å². The second-order valence-electron chi connectivity index (χ2n) is 10.5. The molecule has 0 saturated heterocycles. The van der Waals surface area contributed by atoms with E-state index in [1.807, 2.05) is 45.9 Å². The van der Waals surface area contributed by atoms with Gasteiger partial charge in [-0.1, -0.05) is 65.8 Å². The predicted molar refractivity (Wildman–Crippen MR) is 192 cm³/mol. The second kappa shape index (κ2) is 19.2. The minimum Gasteiger partial charge on any atom is -0.462 e. The van der Waals surface area contributed by atoms with Gasteiger partial charge in [-0.2, -0.15) is 0 Å². The quantitative estimate of drug-likeness (QED) is 0.132. The Labute approximate surface area is 273 Å². The Balaban J connectivity index is 0.00000169. The van der Waals surface area contributed by atoms with Crippen molar-refractivity contribution in [3.8, 4) is 5.75 Å². The number of anilines is 1. The third-order valence-electron chi connectivity index (χ3n) is 7.75. The van der Waals surface area contributed by atoms with Gasteiger partial charge < -0.3 is 19.1 Å². The lowest BCUT2D eigenvalue weighted by Gasteiger charge is -2.30. The zero-order chi connectivity index (χ0) is 33.5. The summed E-state index contributed by atoms with van der Waals surface area (Å²) >= 11 is 0. The summed E-state index contributed by atoms with van der Waals surface area (Å²) in [6.07, 6.45) is 9.15. The van der Waals surface area contributed by atoms with Crippen molar-refractivity contribution >= 4 is 31.1 Å². The van der Waals surface area contributed by atoms with E-state index in [0.717, 1.165) is 52.6 Å². The highest BCUT2D eigenvalue weighted by atomic mass is 31.1. The molecule has 1 heterocycles. The van der Waals surface area contributed by atoms with Gasteiger partial charge in [0.15, 0.2) is 0 Å². The maximum Gasteiger partial charge on any atom is 0.338 e. The van der Waals surface area contributed by atoms with Crippen molar-refractivity contribution in [3.05, 3.63) is 88.7 Å². The number of allylic oxidation sites excluding steroid dienone is 3. The Hall–Kier alpha value is -3.37. The monoisotopic (exact) mass is 636 g/mol. The van der Waals surface area contributed by atoms with Gasteiger partial charge in [0.1, 0.15) is 30.4 Å². The first-order chi connectivity index (χ1) is 21.8. The van der Waals surface area contributed by atoms with Crippen molar-refractivity contribution < 1.29 is 23.8 Å². The Kier molecular flexibility index (Phi) is 16.1. The van der Waals surface area contributed by atoms with E-state index < -0.39 is 13.9 Å². The Morgan fingerprint density at radius 2 is 1.53 bits per heavy atom. The normalized spacial score (nSPS) is 14.6. The molecule has 246 valence electrons. The predicted octanol–water partition coefficient (Wildman–Crippen LogP) is 9.21. The molecule has 7 heteroatoms. The van der Waals surface area contributed by atoms with E-state index in [4.69, 9.17) is 14.2 Å². The summed E-state index contributed by atoms with van der Waals surface area (Å²) in [6.45, 7) is 22.2. The van der Waals surface area contributed by atoms with Crippen molar-refractivity contribution in [2.75, 3.05) is 43.5 Å². The number of carbonyl (C=O) groups excluding carboxylic acids is 2. The first kappa shape index (κ1) is 37.8.